The van der Waals surface area contributed by atoms with Crippen LogP contribution in [-0.4, -0.2) is 36.6 Å². The fourth-order valence-electron chi connectivity index (χ4n) is 4.24. The van der Waals surface area contributed by atoms with E-state index in [1.165, 1.54) is 4.90 Å². The fourth-order valence-corrected chi connectivity index (χ4v) is 4.24. The first-order valence-electron chi connectivity index (χ1n) is 11.8. The molecule has 0 spiro atoms. The molecule has 7 nitrogen and oxygen atoms in total. The SMILES string of the molecule is CCOc1cccc(N2C(=O)C(=O)/C(=C(/O)c3ccc(OC)cc3)C2c2cccc(OC(C)C)c2)c1. The Labute approximate surface area is 210 Å². The summed E-state index contributed by atoms with van der Waals surface area (Å²) in [6.45, 7) is 6.16. The summed E-state index contributed by atoms with van der Waals surface area (Å²) in [5.74, 6) is 0.00183. The Morgan fingerprint density at radius 2 is 1.64 bits per heavy atom. The molecule has 0 saturated carbocycles. The Morgan fingerprint density at radius 3 is 2.31 bits per heavy atom. The maximum Gasteiger partial charge on any atom is 0.300 e. The Morgan fingerprint density at radius 1 is 0.944 bits per heavy atom. The number of nitrogens with zero attached hydrogens (tertiary/aromatic N) is 1. The number of amides is 1. The van der Waals surface area contributed by atoms with Gasteiger partial charge in [-0.15, -0.1) is 0 Å². The summed E-state index contributed by atoms with van der Waals surface area (Å²) < 4.78 is 16.7. The normalized spacial score (nSPS) is 16.9. The summed E-state index contributed by atoms with van der Waals surface area (Å²) in [4.78, 5) is 28.2. The zero-order valence-electron chi connectivity index (χ0n) is 20.7. The fraction of sp³-hybridized carbons (Fsp3) is 0.241. The van der Waals surface area contributed by atoms with Gasteiger partial charge in [0.2, 0.25) is 0 Å². The first kappa shape index (κ1) is 24.9. The van der Waals surface area contributed by atoms with Crippen molar-refractivity contribution in [2.75, 3.05) is 18.6 Å². The molecular formula is C29H29NO6. The van der Waals surface area contributed by atoms with Crippen molar-refractivity contribution in [3.63, 3.8) is 0 Å². The van der Waals surface area contributed by atoms with Crippen molar-refractivity contribution >= 4 is 23.1 Å². The van der Waals surface area contributed by atoms with Crippen molar-refractivity contribution in [2.24, 2.45) is 0 Å². The summed E-state index contributed by atoms with van der Waals surface area (Å²) in [6.07, 6.45) is -0.0613. The third-order valence-corrected chi connectivity index (χ3v) is 5.76. The molecule has 1 aliphatic heterocycles. The van der Waals surface area contributed by atoms with E-state index >= 15 is 0 Å². The molecule has 3 aromatic carbocycles. The van der Waals surface area contributed by atoms with Gasteiger partial charge in [0.1, 0.15) is 23.0 Å². The lowest BCUT2D eigenvalue weighted by atomic mass is 9.95. The summed E-state index contributed by atoms with van der Waals surface area (Å²) in [7, 11) is 1.54. The quantitative estimate of drug-likeness (QED) is 0.256. The predicted molar refractivity (Wildman–Crippen MR) is 138 cm³/mol. The highest BCUT2D eigenvalue weighted by Gasteiger charge is 2.47. The number of rotatable bonds is 8. The lowest BCUT2D eigenvalue weighted by Crippen LogP contribution is -2.29. The number of carbonyl (C=O) groups excluding carboxylic acids is 2. The third-order valence-electron chi connectivity index (χ3n) is 5.76. The van der Waals surface area contributed by atoms with Crippen molar-refractivity contribution in [3.05, 3.63) is 89.5 Å². The topological polar surface area (TPSA) is 85.3 Å². The van der Waals surface area contributed by atoms with Crippen LogP contribution < -0.4 is 19.1 Å². The summed E-state index contributed by atoms with van der Waals surface area (Å²) >= 11 is 0. The predicted octanol–water partition coefficient (Wildman–Crippen LogP) is 5.51. The van der Waals surface area contributed by atoms with E-state index in [-0.39, 0.29) is 17.4 Å². The molecule has 0 bridgehead atoms. The van der Waals surface area contributed by atoms with Gasteiger partial charge in [-0.2, -0.15) is 0 Å². The molecule has 186 valence electrons. The highest BCUT2D eigenvalue weighted by molar-refractivity contribution is 6.51. The van der Waals surface area contributed by atoms with Crippen molar-refractivity contribution < 1.29 is 28.9 Å². The molecule has 0 radical (unpaired) electrons. The van der Waals surface area contributed by atoms with Crippen molar-refractivity contribution in [2.45, 2.75) is 32.9 Å². The number of ether oxygens (including phenoxy) is 3. The van der Waals surface area contributed by atoms with E-state index in [2.05, 4.69) is 0 Å². The molecule has 1 saturated heterocycles. The number of Topliss-reactive ketones (excluding diaryl/α,β-unsaturated/α-hetero) is 1. The van der Waals surface area contributed by atoms with Crippen molar-refractivity contribution in [3.8, 4) is 17.2 Å². The van der Waals surface area contributed by atoms with Crippen molar-refractivity contribution in [1.29, 1.82) is 0 Å². The number of aliphatic hydroxyl groups is 1. The van der Waals surface area contributed by atoms with Gasteiger partial charge in [0.15, 0.2) is 0 Å². The van der Waals surface area contributed by atoms with Crippen LogP contribution in [0.25, 0.3) is 5.76 Å². The van der Waals surface area contributed by atoms with Gasteiger partial charge in [-0.3, -0.25) is 14.5 Å². The maximum atomic E-state index is 13.4. The molecule has 1 N–H and O–H groups in total. The second kappa shape index (κ2) is 10.6. The summed E-state index contributed by atoms with van der Waals surface area (Å²) in [5.41, 5.74) is 1.51. The van der Waals surface area contributed by atoms with E-state index in [1.54, 1.807) is 67.8 Å². The zero-order chi connectivity index (χ0) is 25.8. The summed E-state index contributed by atoms with van der Waals surface area (Å²) in [5, 5.41) is 11.3. The molecule has 1 unspecified atom stereocenters. The van der Waals surface area contributed by atoms with Crippen LogP contribution in [0.2, 0.25) is 0 Å². The van der Waals surface area contributed by atoms with E-state index in [9.17, 15) is 14.7 Å². The van der Waals surface area contributed by atoms with Crippen LogP contribution in [0.1, 0.15) is 37.9 Å². The van der Waals surface area contributed by atoms with E-state index in [4.69, 9.17) is 14.2 Å². The van der Waals surface area contributed by atoms with Crippen LogP contribution in [0, 0.1) is 0 Å². The molecule has 1 atom stereocenters. The first-order valence-corrected chi connectivity index (χ1v) is 11.8. The molecule has 1 aliphatic rings. The molecule has 1 amide bonds. The average Bonchev–Trinajstić information content (AvgIpc) is 3.14. The molecule has 0 aromatic heterocycles. The minimum atomic E-state index is -0.875. The van der Waals surface area contributed by atoms with E-state index in [0.717, 1.165) is 0 Å². The van der Waals surface area contributed by atoms with Gasteiger partial charge in [-0.05, 0) is 74.9 Å². The number of hydrogen-bond donors (Lipinski definition) is 1. The van der Waals surface area contributed by atoms with Crippen LogP contribution in [0.3, 0.4) is 0 Å². The Kier molecular flexibility index (Phi) is 7.29. The summed E-state index contributed by atoms with van der Waals surface area (Å²) in [6, 6.07) is 20.0. The van der Waals surface area contributed by atoms with Gasteiger partial charge in [0.25, 0.3) is 11.7 Å². The van der Waals surface area contributed by atoms with Gasteiger partial charge in [0, 0.05) is 17.3 Å². The first-order chi connectivity index (χ1) is 17.3. The minimum Gasteiger partial charge on any atom is -0.507 e. The van der Waals surface area contributed by atoms with E-state index < -0.39 is 17.7 Å². The van der Waals surface area contributed by atoms with Gasteiger partial charge < -0.3 is 19.3 Å². The Bertz CT molecular complexity index is 1300. The second-order valence-electron chi connectivity index (χ2n) is 8.57. The average molecular weight is 488 g/mol. The highest BCUT2D eigenvalue weighted by Crippen LogP contribution is 2.43. The number of hydrogen-bond acceptors (Lipinski definition) is 6. The van der Waals surface area contributed by atoms with Gasteiger partial charge in [-0.25, -0.2) is 0 Å². The number of ketones is 1. The molecule has 36 heavy (non-hydrogen) atoms. The molecule has 7 heteroatoms. The number of methoxy groups -OCH3 is 1. The molecule has 3 aromatic rings. The number of anilines is 1. The lowest BCUT2D eigenvalue weighted by Gasteiger charge is -2.26. The molecular weight excluding hydrogens is 458 g/mol. The van der Waals surface area contributed by atoms with Gasteiger partial charge >= 0.3 is 0 Å². The smallest absolute Gasteiger partial charge is 0.300 e. The standard InChI is InChI=1S/C29H29NO6/c1-5-35-23-10-7-9-21(17-23)30-26(20-8-6-11-24(16-20)36-18(2)3)25(28(32)29(30)33)27(31)19-12-14-22(34-4)15-13-19/h6-18,26,31H,5H2,1-4H3/b27-25+. The third kappa shape index (κ3) is 4.91. The monoisotopic (exact) mass is 487 g/mol. The zero-order valence-corrected chi connectivity index (χ0v) is 20.7. The van der Waals surface area contributed by atoms with Crippen LogP contribution in [0.4, 0.5) is 5.69 Å². The molecule has 4 rings (SSSR count). The highest BCUT2D eigenvalue weighted by atomic mass is 16.5. The lowest BCUT2D eigenvalue weighted by molar-refractivity contribution is -0.132. The number of benzene rings is 3. The van der Waals surface area contributed by atoms with Crippen LogP contribution >= 0.6 is 0 Å². The molecule has 1 heterocycles. The van der Waals surface area contributed by atoms with E-state index in [0.29, 0.717) is 40.7 Å². The maximum absolute atomic E-state index is 13.4. The number of carbonyl (C=O) groups is 2. The Balaban J connectivity index is 1.90. The number of aliphatic hydroxyl groups excluding tert-OH is 1. The van der Waals surface area contributed by atoms with Gasteiger partial charge in [0.05, 0.1) is 31.4 Å². The van der Waals surface area contributed by atoms with Crippen LogP contribution in [0.15, 0.2) is 78.4 Å². The molecule has 0 aliphatic carbocycles. The molecule has 1 fully saturated rings. The second-order valence-corrected chi connectivity index (χ2v) is 8.57. The van der Waals surface area contributed by atoms with Gasteiger partial charge in [-0.1, -0.05) is 18.2 Å². The van der Waals surface area contributed by atoms with Crippen molar-refractivity contribution in [1.82, 2.24) is 0 Å². The van der Waals surface area contributed by atoms with Crippen LogP contribution in [0.5, 0.6) is 17.2 Å². The minimum absolute atomic E-state index is 0.00585. The largest absolute Gasteiger partial charge is 0.507 e. The Hall–Kier alpha value is -4.26. The van der Waals surface area contributed by atoms with Crippen LogP contribution in [-0.2, 0) is 9.59 Å². The van der Waals surface area contributed by atoms with E-state index in [1.807, 2.05) is 32.9 Å².